The van der Waals surface area contributed by atoms with Gasteiger partial charge in [-0.05, 0) is 32.3 Å². The van der Waals surface area contributed by atoms with E-state index in [9.17, 15) is 9.59 Å². The predicted octanol–water partition coefficient (Wildman–Crippen LogP) is 2.59. The van der Waals surface area contributed by atoms with Crippen molar-refractivity contribution in [3.63, 3.8) is 0 Å². The van der Waals surface area contributed by atoms with Crippen LogP contribution in [0, 0.1) is 0 Å². The first-order valence-electron chi connectivity index (χ1n) is 6.89. The number of hydrogen-bond acceptors (Lipinski definition) is 2. The molecule has 0 bridgehead atoms. The van der Waals surface area contributed by atoms with E-state index in [2.05, 4.69) is 0 Å². The number of piperidine rings is 1. The highest BCUT2D eigenvalue weighted by atomic mass is 16.2. The molecule has 2 rings (SSSR count). The van der Waals surface area contributed by atoms with Gasteiger partial charge in [0.1, 0.15) is 0 Å². The molecule has 19 heavy (non-hydrogen) atoms. The van der Waals surface area contributed by atoms with Crippen molar-refractivity contribution in [2.75, 3.05) is 6.54 Å². The highest BCUT2D eigenvalue weighted by molar-refractivity contribution is 5.93. The Labute approximate surface area is 114 Å². The Morgan fingerprint density at radius 1 is 1.26 bits per heavy atom. The van der Waals surface area contributed by atoms with E-state index >= 15 is 0 Å². The third-order valence-electron chi connectivity index (χ3n) is 3.91. The van der Waals surface area contributed by atoms with E-state index < -0.39 is 5.54 Å². The third-order valence-corrected chi connectivity index (χ3v) is 3.91. The number of ketones is 1. The van der Waals surface area contributed by atoms with E-state index in [0.717, 1.165) is 18.4 Å². The van der Waals surface area contributed by atoms with E-state index in [1.165, 1.54) is 0 Å². The summed E-state index contributed by atoms with van der Waals surface area (Å²) in [5, 5.41) is 0. The van der Waals surface area contributed by atoms with Gasteiger partial charge in [0.15, 0.2) is 5.78 Å². The van der Waals surface area contributed by atoms with Gasteiger partial charge in [0.25, 0.3) is 0 Å². The zero-order valence-corrected chi connectivity index (χ0v) is 11.7. The van der Waals surface area contributed by atoms with Crippen LogP contribution in [0.15, 0.2) is 30.3 Å². The van der Waals surface area contributed by atoms with Crippen LogP contribution in [0.1, 0.15) is 38.7 Å². The molecule has 1 heterocycles. The summed E-state index contributed by atoms with van der Waals surface area (Å²) in [6, 6.07) is 9.99. The number of rotatable bonds is 3. The van der Waals surface area contributed by atoms with Crippen molar-refractivity contribution in [1.29, 1.82) is 0 Å². The number of benzene rings is 1. The lowest BCUT2D eigenvalue weighted by Gasteiger charge is -2.41. The van der Waals surface area contributed by atoms with Crippen LogP contribution >= 0.6 is 0 Å². The first kappa shape index (κ1) is 13.8. The molecule has 0 unspecified atom stereocenters. The summed E-state index contributed by atoms with van der Waals surface area (Å²) in [6.07, 6.45) is 2.59. The van der Waals surface area contributed by atoms with Crippen LogP contribution in [0.5, 0.6) is 0 Å². The molecule has 0 spiro atoms. The molecular formula is C16H21NO2. The van der Waals surface area contributed by atoms with Crippen LogP contribution in [0.4, 0.5) is 0 Å². The second-order valence-electron chi connectivity index (χ2n) is 5.62. The highest BCUT2D eigenvalue weighted by Gasteiger charge is 2.39. The number of likely N-dealkylation sites (tertiary alicyclic amines) is 1. The molecule has 0 aliphatic carbocycles. The summed E-state index contributed by atoms with van der Waals surface area (Å²) in [5.41, 5.74) is 0.531. The first-order valence-corrected chi connectivity index (χ1v) is 6.89. The maximum atomic E-state index is 12.3. The number of amides is 1. The minimum absolute atomic E-state index is 0.0851. The van der Waals surface area contributed by atoms with Crippen LogP contribution in [0.2, 0.25) is 0 Å². The van der Waals surface area contributed by atoms with E-state index in [-0.39, 0.29) is 11.7 Å². The normalized spacial score (nSPS) is 18.4. The van der Waals surface area contributed by atoms with E-state index in [1.807, 2.05) is 44.2 Å². The number of carbonyl (C=O) groups excluding carboxylic acids is 2. The van der Waals surface area contributed by atoms with Gasteiger partial charge < -0.3 is 4.90 Å². The van der Waals surface area contributed by atoms with Gasteiger partial charge in [-0.25, -0.2) is 0 Å². The van der Waals surface area contributed by atoms with Crippen LogP contribution in [-0.4, -0.2) is 28.7 Å². The van der Waals surface area contributed by atoms with Crippen LogP contribution in [0.3, 0.4) is 0 Å². The molecule has 1 saturated heterocycles. The average molecular weight is 259 g/mol. The fourth-order valence-corrected chi connectivity index (χ4v) is 2.60. The van der Waals surface area contributed by atoms with Crippen LogP contribution < -0.4 is 0 Å². The second kappa shape index (κ2) is 5.55. The Balaban J connectivity index is 1.98. The van der Waals surface area contributed by atoms with Gasteiger partial charge in [-0.15, -0.1) is 0 Å². The van der Waals surface area contributed by atoms with E-state index in [4.69, 9.17) is 0 Å². The molecule has 1 aliphatic rings. The summed E-state index contributed by atoms with van der Waals surface area (Å²) >= 11 is 0. The Hall–Kier alpha value is -1.64. The standard InChI is InChI=1S/C16H21NO2/c1-16(2)14(18)9-6-12-17(16)15(19)11-10-13-7-4-3-5-8-13/h3-5,7-8H,6,9-12H2,1-2H3. The summed E-state index contributed by atoms with van der Waals surface area (Å²) in [4.78, 5) is 26.0. The van der Waals surface area contributed by atoms with Gasteiger partial charge in [-0.2, -0.15) is 0 Å². The molecule has 1 fully saturated rings. The Morgan fingerprint density at radius 2 is 1.95 bits per heavy atom. The van der Waals surface area contributed by atoms with Gasteiger partial charge in [0, 0.05) is 19.4 Å². The number of hydrogen-bond donors (Lipinski definition) is 0. The van der Waals surface area contributed by atoms with Crippen molar-refractivity contribution in [3.05, 3.63) is 35.9 Å². The molecule has 1 amide bonds. The Kier molecular flexibility index (Phi) is 4.03. The SMILES string of the molecule is CC1(C)C(=O)CCCN1C(=O)CCc1ccccc1. The van der Waals surface area contributed by atoms with Gasteiger partial charge in [-0.3, -0.25) is 9.59 Å². The summed E-state index contributed by atoms with van der Waals surface area (Å²) < 4.78 is 0. The number of Topliss-reactive ketones (excluding diaryl/α,β-unsaturated/α-hetero) is 1. The topological polar surface area (TPSA) is 37.4 Å². The zero-order valence-electron chi connectivity index (χ0n) is 11.7. The van der Waals surface area contributed by atoms with Crippen molar-refractivity contribution in [3.8, 4) is 0 Å². The minimum Gasteiger partial charge on any atom is -0.331 e. The molecule has 0 N–H and O–H groups in total. The summed E-state index contributed by atoms with van der Waals surface area (Å²) in [6.45, 7) is 4.41. The van der Waals surface area contributed by atoms with Crippen molar-refractivity contribution in [2.45, 2.75) is 45.1 Å². The maximum Gasteiger partial charge on any atom is 0.223 e. The molecule has 0 aromatic heterocycles. The first-order chi connectivity index (χ1) is 9.01. The van der Waals surface area contributed by atoms with Gasteiger partial charge in [-0.1, -0.05) is 30.3 Å². The van der Waals surface area contributed by atoms with Gasteiger partial charge in [0.2, 0.25) is 5.91 Å². The molecule has 1 aliphatic heterocycles. The van der Waals surface area contributed by atoms with Crippen molar-refractivity contribution >= 4 is 11.7 Å². The summed E-state index contributed by atoms with van der Waals surface area (Å²) in [7, 11) is 0. The maximum absolute atomic E-state index is 12.3. The molecule has 1 aromatic carbocycles. The van der Waals surface area contributed by atoms with E-state index in [0.29, 0.717) is 19.4 Å². The molecule has 1 aromatic rings. The molecule has 3 heteroatoms. The van der Waals surface area contributed by atoms with Crippen molar-refractivity contribution in [2.24, 2.45) is 0 Å². The lowest BCUT2D eigenvalue weighted by molar-refractivity contribution is -0.148. The zero-order chi connectivity index (χ0) is 13.9. The van der Waals surface area contributed by atoms with Gasteiger partial charge in [0.05, 0.1) is 5.54 Å². The molecule has 0 saturated carbocycles. The second-order valence-corrected chi connectivity index (χ2v) is 5.62. The smallest absolute Gasteiger partial charge is 0.223 e. The van der Waals surface area contributed by atoms with Crippen molar-refractivity contribution in [1.82, 2.24) is 4.90 Å². The fraction of sp³-hybridized carbons (Fsp3) is 0.500. The lowest BCUT2D eigenvalue weighted by atomic mass is 9.88. The number of aryl methyl sites for hydroxylation is 1. The monoisotopic (exact) mass is 259 g/mol. The third kappa shape index (κ3) is 3.03. The highest BCUT2D eigenvalue weighted by Crippen LogP contribution is 2.25. The van der Waals surface area contributed by atoms with E-state index in [1.54, 1.807) is 4.90 Å². The van der Waals surface area contributed by atoms with Crippen LogP contribution in [0.25, 0.3) is 0 Å². The fourth-order valence-electron chi connectivity index (χ4n) is 2.60. The van der Waals surface area contributed by atoms with Crippen molar-refractivity contribution < 1.29 is 9.59 Å². The quantitative estimate of drug-likeness (QED) is 0.836. The minimum atomic E-state index is -0.633. The molecule has 0 radical (unpaired) electrons. The van der Waals surface area contributed by atoms with Gasteiger partial charge >= 0.3 is 0 Å². The molecule has 3 nitrogen and oxygen atoms in total. The molecule has 0 atom stereocenters. The predicted molar refractivity (Wildman–Crippen MR) is 74.8 cm³/mol. The largest absolute Gasteiger partial charge is 0.331 e. The Bertz CT molecular complexity index is 465. The lowest BCUT2D eigenvalue weighted by Crippen LogP contribution is -2.56. The average Bonchev–Trinajstić information content (AvgIpc) is 2.40. The van der Waals surface area contributed by atoms with Crippen LogP contribution in [-0.2, 0) is 16.0 Å². The number of carbonyl (C=O) groups is 2. The Morgan fingerprint density at radius 3 is 2.63 bits per heavy atom. The number of nitrogens with zero attached hydrogens (tertiary/aromatic N) is 1. The molecular weight excluding hydrogens is 238 g/mol. The summed E-state index contributed by atoms with van der Waals surface area (Å²) in [5.74, 6) is 0.258. The molecule has 102 valence electrons.